The van der Waals surface area contributed by atoms with Crippen LogP contribution in [0.15, 0.2) is 48.5 Å². The molecule has 0 aliphatic rings. The van der Waals surface area contributed by atoms with Gasteiger partial charge in [-0.2, -0.15) is 0 Å². The molecule has 2 rings (SSSR count). The van der Waals surface area contributed by atoms with E-state index < -0.39 is 0 Å². The molecular weight excluding hydrogens is 410 g/mol. The summed E-state index contributed by atoms with van der Waals surface area (Å²) in [5.74, 6) is 0.594. The van der Waals surface area contributed by atoms with E-state index >= 15 is 0 Å². The van der Waals surface area contributed by atoms with E-state index in [2.05, 4.69) is 30.0 Å². The van der Waals surface area contributed by atoms with Gasteiger partial charge in [-0.15, -0.1) is 0 Å². The van der Waals surface area contributed by atoms with Crippen LogP contribution in [-0.2, 0) is 11.2 Å². The Kier molecular flexibility index (Phi) is 8.89. The minimum atomic E-state index is -0.381. The van der Waals surface area contributed by atoms with Gasteiger partial charge in [-0.1, -0.05) is 37.6 Å². The monoisotopic (exact) mass is 433 g/mol. The number of rotatable bonds is 7. The van der Waals surface area contributed by atoms with Gasteiger partial charge in [0.15, 0.2) is 5.11 Å². The Balaban J connectivity index is 1.74. The summed E-state index contributed by atoms with van der Waals surface area (Å²) in [5.41, 5.74) is 6.20. The summed E-state index contributed by atoms with van der Waals surface area (Å²) in [6.45, 7) is 4.90. The van der Waals surface area contributed by atoms with Crippen molar-refractivity contribution in [2.75, 3.05) is 6.61 Å². The van der Waals surface area contributed by atoms with Gasteiger partial charge in [0.05, 0.1) is 13.0 Å². The second-order valence-corrected chi connectivity index (χ2v) is 7.66. The topological polar surface area (TPSA) is 79.5 Å². The molecule has 0 bridgehead atoms. The first-order chi connectivity index (χ1) is 13.8. The molecule has 0 unspecified atom stereocenters. The van der Waals surface area contributed by atoms with Crippen molar-refractivity contribution in [3.63, 3.8) is 0 Å². The minimum absolute atomic E-state index is 0.00551. The van der Waals surface area contributed by atoms with Crippen LogP contribution in [0, 0.1) is 5.92 Å². The number of amides is 2. The third-order valence-electron chi connectivity index (χ3n) is 3.90. The number of thiocarbonyl (C=S) groups is 1. The summed E-state index contributed by atoms with van der Waals surface area (Å²) in [5, 5.41) is 3.11. The van der Waals surface area contributed by atoms with Crippen molar-refractivity contribution in [3.8, 4) is 5.75 Å². The number of hydrogen-bond acceptors (Lipinski definition) is 4. The Labute approximate surface area is 180 Å². The van der Waals surface area contributed by atoms with E-state index in [0.717, 1.165) is 12.0 Å². The van der Waals surface area contributed by atoms with Crippen molar-refractivity contribution in [3.05, 3.63) is 64.7 Å². The molecule has 0 fully saturated rings. The maximum Gasteiger partial charge on any atom is 0.269 e. The van der Waals surface area contributed by atoms with Crippen molar-refractivity contribution >= 4 is 40.7 Å². The molecule has 6 nitrogen and oxygen atoms in total. The molecule has 0 heterocycles. The largest absolute Gasteiger partial charge is 0.494 e. The number of carbonyl (C=O) groups excluding carboxylic acids is 2. The zero-order valence-corrected chi connectivity index (χ0v) is 17.9. The summed E-state index contributed by atoms with van der Waals surface area (Å²) in [7, 11) is 0. The molecule has 0 radical (unpaired) electrons. The number of ether oxygens (including phenoxy) is 1. The zero-order chi connectivity index (χ0) is 21.2. The third kappa shape index (κ3) is 8.50. The van der Waals surface area contributed by atoms with Crippen molar-refractivity contribution in [2.24, 2.45) is 5.92 Å². The van der Waals surface area contributed by atoms with Gasteiger partial charge in [-0.05, 0) is 66.5 Å². The maximum absolute atomic E-state index is 12.2. The fraction of sp³-hybridized carbons (Fsp3) is 0.286. The van der Waals surface area contributed by atoms with Gasteiger partial charge in [0.2, 0.25) is 5.91 Å². The van der Waals surface area contributed by atoms with Gasteiger partial charge >= 0.3 is 0 Å². The van der Waals surface area contributed by atoms with Crippen LogP contribution in [0.4, 0.5) is 0 Å². The molecule has 2 amide bonds. The Hall–Kier alpha value is -2.64. The van der Waals surface area contributed by atoms with Crippen LogP contribution >= 0.6 is 23.8 Å². The van der Waals surface area contributed by atoms with E-state index in [0.29, 0.717) is 28.9 Å². The van der Waals surface area contributed by atoms with E-state index in [1.807, 2.05) is 0 Å². The molecule has 0 aliphatic carbocycles. The molecule has 2 aromatic rings. The van der Waals surface area contributed by atoms with Crippen molar-refractivity contribution < 1.29 is 14.3 Å². The van der Waals surface area contributed by atoms with Gasteiger partial charge < -0.3 is 10.1 Å². The fourth-order valence-electron chi connectivity index (χ4n) is 2.29. The summed E-state index contributed by atoms with van der Waals surface area (Å²) >= 11 is 10.8. The molecule has 29 heavy (non-hydrogen) atoms. The fourth-order valence-corrected chi connectivity index (χ4v) is 2.58. The predicted octanol–water partition coefficient (Wildman–Crippen LogP) is 3.64. The Bertz CT molecular complexity index is 839. The lowest BCUT2D eigenvalue weighted by molar-refractivity contribution is -0.119. The number of benzene rings is 2. The van der Waals surface area contributed by atoms with Crippen LogP contribution in [0.5, 0.6) is 5.75 Å². The number of carbonyl (C=O) groups is 2. The van der Waals surface area contributed by atoms with Crippen molar-refractivity contribution in [1.82, 2.24) is 16.2 Å². The lowest BCUT2D eigenvalue weighted by atomic mass is 10.1. The molecule has 0 spiro atoms. The first-order valence-electron chi connectivity index (χ1n) is 9.21. The molecular formula is C21H24ClN3O3S. The lowest BCUT2D eigenvalue weighted by Crippen LogP contribution is -2.48. The Morgan fingerprint density at radius 1 is 1.03 bits per heavy atom. The van der Waals surface area contributed by atoms with Crippen LogP contribution < -0.4 is 20.9 Å². The number of nitrogens with one attached hydrogen (secondary N) is 3. The van der Waals surface area contributed by atoms with Crippen molar-refractivity contribution in [2.45, 2.75) is 26.7 Å². The number of halogens is 1. The minimum Gasteiger partial charge on any atom is -0.494 e. The van der Waals surface area contributed by atoms with Gasteiger partial charge in [0, 0.05) is 10.6 Å². The zero-order valence-electron chi connectivity index (χ0n) is 16.3. The molecule has 2 aromatic carbocycles. The van der Waals surface area contributed by atoms with E-state index in [1.165, 1.54) is 0 Å². The quantitative estimate of drug-likeness (QED) is 0.459. The number of hydrazine groups is 1. The van der Waals surface area contributed by atoms with Gasteiger partial charge in [-0.25, -0.2) is 0 Å². The van der Waals surface area contributed by atoms with E-state index in [-0.39, 0.29) is 23.3 Å². The Morgan fingerprint density at radius 3 is 2.31 bits per heavy atom. The smallest absolute Gasteiger partial charge is 0.269 e. The third-order valence-corrected chi connectivity index (χ3v) is 4.36. The van der Waals surface area contributed by atoms with Crippen molar-refractivity contribution in [1.29, 1.82) is 0 Å². The highest BCUT2D eigenvalue weighted by atomic mass is 35.5. The predicted molar refractivity (Wildman–Crippen MR) is 118 cm³/mol. The SMILES string of the molecule is CC(C)CCOc1ccc(C(=O)NNC(=S)NC(=O)Cc2ccc(Cl)cc2)cc1. The molecule has 0 atom stereocenters. The molecule has 8 heteroatoms. The molecule has 3 N–H and O–H groups in total. The normalized spacial score (nSPS) is 10.3. The first-order valence-corrected chi connectivity index (χ1v) is 9.99. The maximum atomic E-state index is 12.2. The van der Waals surface area contributed by atoms with E-state index in [1.54, 1.807) is 48.5 Å². The second kappa shape index (κ2) is 11.4. The average molecular weight is 434 g/mol. The highest BCUT2D eigenvalue weighted by molar-refractivity contribution is 7.80. The molecule has 0 saturated heterocycles. The lowest BCUT2D eigenvalue weighted by Gasteiger charge is -2.11. The summed E-state index contributed by atoms with van der Waals surface area (Å²) in [6.07, 6.45) is 1.11. The Morgan fingerprint density at radius 2 is 1.69 bits per heavy atom. The molecule has 0 saturated carbocycles. The van der Waals surface area contributed by atoms with E-state index in [4.69, 9.17) is 28.6 Å². The van der Waals surface area contributed by atoms with Crippen LogP contribution in [0.3, 0.4) is 0 Å². The number of hydrogen-bond donors (Lipinski definition) is 3. The van der Waals surface area contributed by atoms with E-state index in [9.17, 15) is 9.59 Å². The van der Waals surface area contributed by atoms with Crippen LogP contribution in [0.2, 0.25) is 5.02 Å². The first kappa shape index (κ1) is 22.6. The van der Waals surface area contributed by atoms with Gasteiger partial charge in [0.1, 0.15) is 5.75 Å². The highest BCUT2D eigenvalue weighted by Gasteiger charge is 2.09. The van der Waals surface area contributed by atoms with Crippen LogP contribution in [0.25, 0.3) is 0 Å². The van der Waals surface area contributed by atoms with Gasteiger partial charge in [0.25, 0.3) is 5.91 Å². The summed E-state index contributed by atoms with van der Waals surface area (Å²) in [4.78, 5) is 24.2. The molecule has 0 aromatic heterocycles. The molecule has 154 valence electrons. The molecule has 0 aliphatic heterocycles. The second-order valence-electron chi connectivity index (χ2n) is 6.82. The average Bonchev–Trinajstić information content (AvgIpc) is 2.68. The highest BCUT2D eigenvalue weighted by Crippen LogP contribution is 2.13. The summed E-state index contributed by atoms with van der Waals surface area (Å²) < 4.78 is 5.63. The van der Waals surface area contributed by atoms with Crippen LogP contribution in [-0.4, -0.2) is 23.5 Å². The standard InChI is InChI=1S/C21H24ClN3O3S/c1-14(2)11-12-28-18-9-5-16(6-10-18)20(27)24-25-21(29)23-19(26)13-15-3-7-17(22)8-4-15/h3-10,14H,11-13H2,1-2H3,(H,24,27)(H2,23,25,26,29). The van der Waals surface area contributed by atoms with Gasteiger partial charge in [-0.3, -0.25) is 20.4 Å². The summed E-state index contributed by atoms with van der Waals surface area (Å²) in [6, 6.07) is 13.7. The van der Waals surface area contributed by atoms with Crippen LogP contribution in [0.1, 0.15) is 36.2 Å².